The first-order valence-corrected chi connectivity index (χ1v) is 8.04. The Balaban J connectivity index is 1.27. The lowest BCUT2D eigenvalue weighted by Gasteiger charge is -2.40. The lowest BCUT2D eigenvalue weighted by molar-refractivity contribution is 0.425. The summed E-state index contributed by atoms with van der Waals surface area (Å²) in [5.41, 5.74) is 1.08. The maximum absolute atomic E-state index is 11.5. The Labute approximate surface area is 134 Å². The summed E-state index contributed by atoms with van der Waals surface area (Å²) in [6, 6.07) is 5.71. The number of hydrogen-bond donors (Lipinski definition) is 1. The first-order chi connectivity index (χ1) is 11.2. The van der Waals surface area contributed by atoms with Crippen LogP contribution >= 0.6 is 0 Å². The van der Waals surface area contributed by atoms with Crippen LogP contribution in [-0.2, 0) is 7.05 Å². The van der Waals surface area contributed by atoms with Crippen LogP contribution in [0.4, 0.5) is 11.6 Å². The van der Waals surface area contributed by atoms with Crippen LogP contribution in [0.1, 0.15) is 24.5 Å². The third kappa shape index (κ3) is 3.04. The first-order valence-electron chi connectivity index (χ1n) is 8.04. The van der Waals surface area contributed by atoms with Crippen molar-refractivity contribution < 1.29 is 0 Å². The van der Waals surface area contributed by atoms with E-state index in [1.54, 1.807) is 7.05 Å². The molecule has 0 atom stereocenters. The maximum atomic E-state index is 11.5. The fourth-order valence-electron chi connectivity index (χ4n) is 2.79. The van der Waals surface area contributed by atoms with Gasteiger partial charge in [-0.3, -0.25) is 4.79 Å². The van der Waals surface area contributed by atoms with Crippen LogP contribution in [0.15, 0.2) is 29.3 Å². The zero-order chi connectivity index (χ0) is 15.8. The van der Waals surface area contributed by atoms with Crippen LogP contribution in [-0.4, -0.2) is 39.4 Å². The van der Waals surface area contributed by atoms with Crippen molar-refractivity contribution >= 4 is 11.6 Å². The van der Waals surface area contributed by atoms with E-state index in [4.69, 9.17) is 0 Å². The molecule has 2 aromatic rings. The molecule has 120 valence electrons. The Bertz CT molecular complexity index is 746. The van der Waals surface area contributed by atoms with Crippen LogP contribution in [0.25, 0.3) is 0 Å². The SMILES string of the molecule is Cn1cnc(NCC2CN(c3ccc(C4CC4)nn3)C2)cc1=O. The Morgan fingerprint density at radius 3 is 2.74 bits per heavy atom. The van der Waals surface area contributed by atoms with Gasteiger partial charge < -0.3 is 14.8 Å². The topological polar surface area (TPSA) is 75.9 Å². The molecule has 0 spiro atoms. The highest BCUT2D eigenvalue weighted by molar-refractivity contribution is 5.42. The molecule has 1 N–H and O–H groups in total. The van der Waals surface area contributed by atoms with E-state index < -0.39 is 0 Å². The standard InChI is InChI=1S/C16H20N6O/c1-21-10-18-14(6-16(21)23)17-7-11-8-22(9-11)15-5-4-13(19-20-15)12-2-3-12/h4-6,10-12,17H,2-3,7-9H2,1H3. The number of nitrogens with zero attached hydrogens (tertiary/aromatic N) is 5. The zero-order valence-corrected chi connectivity index (χ0v) is 13.1. The van der Waals surface area contributed by atoms with E-state index in [0.717, 1.165) is 31.1 Å². The lowest BCUT2D eigenvalue weighted by atomic mass is 10.0. The molecule has 1 aliphatic carbocycles. The van der Waals surface area contributed by atoms with Gasteiger partial charge in [-0.1, -0.05) is 0 Å². The number of anilines is 2. The second-order valence-corrected chi connectivity index (χ2v) is 6.47. The minimum Gasteiger partial charge on any atom is -0.369 e. The molecular weight excluding hydrogens is 292 g/mol. The molecule has 0 amide bonds. The van der Waals surface area contributed by atoms with E-state index in [1.165, 1.54) is 29.8 Å². The highest BCUT2D eigenvalue weighted by Gasteiger charge is 2.29. The van der Waals surface area contributed by atoms with Crippen molar-refractivity contribution in [2.75, 3.05) is 29.9 Å². The summed E-state index contributed by atoms with van der Waals surface area (Å²) in [7, 11) is 1.69. The van der Waals surface area contributed by atoms with Gasteiger partial charge in [-0.05, 0) is 25.0 Å². The molecule has 2 fully saturated rings. The predicted octanol–water partition coefficient (Wildman–Crippen LogP) is 0.996. The predicted molar refractivity (Wildman–Crippen MR) is 87.7 cm³/mol. The third-order valence-electron chi connectivity index (χ3n) is 4.50. The molecule has 0 aromatic carbocycles. The molecule has 0 radical (unpaired) electrons. The molecule has 0 bridgehead atoms. The molecule has 2 aromatic heterocycles. The smallest absolute Gasteiger partial charge is 0.255 e. The summed E-state index contributed by atoms with van der Waals surface area (Å²) in [5, 5.41) is 11.9. The van der Waals surface area contributed by atoms with Crippen molar-refractivity contribution in [3.8, 4) is 0 Å². The summed E-state index contributed by atoms with van der Waals surface area (Å²) >= 11 is 0. The van der Waals surface area contributed by atoms with Gasteiger partial charge in [0.25, 0.3) is 5.56 Å². The summed E-state index contributed by atoms with van der Waals surface area (Å²) in [5.74, 6) is 2.78. The Morgan fingerprint density at radius 1 is 1.26 bits per heavy atom. The zero-order valence-electron chi connectivity index (χ0n) is 13.1. The second kappa shape index (κ2) is 5.64. The summed E-state index contributed by atoms with van der Waals surface area (Å²) in [4.78, 5) is 18.0. The second-order valence-electron chi connectivity index (χ2n) is 6.47. The number of rotatable bonds is 5. The van der Waals surface area contributed by atoms with Gasteiger partial charge in [0.1, 0.15) is 5.82 Å². The number of aromatic nitrogens is 4. The maximum Gasteiger partial charge on any atom is 0.255 e. The summed E-state index contributed by atoms with van der Waals surface area (Å²) in [6.45, 7) is 2.72. The van der Waals surface area contributed by atoms with Crippen molar-refractivity contribution in [2.24, 2.45) is 13.0 Å². The molecule has 2 aliphatic rings. The number of aryl methyl sites for hydroxylation is 1. The van der Waals surface area contributed by atoms with Gasteiger partial charge in [0.2, 0.25) is 0 Å². The van der Waals surface area contributed by atoms with E-state index in [0.29, 0.717) is 17.7 Å². The van der Waals surface area contributed by atoms with E-state index in [9.17, 15) is 4.79 Å². The Hall–Kier alpha value is -2.44. The average molecular weight is 312 g/mol. The van der Waals surface area contributed by atoms with Gasteiger partial charge in [-0.2, -0.15) is 5.10 Å². The molecule has 1 saturated carbocycles. The van der Waals surface area contributed by atoms with E-state index >= 15 is 0 Å². The van der Waals surface area contributed by atoms with Crippen LogP contribution < -0.4 is 15.8 Å². The van der Waals surface area contributed by atoms with Crippen molar-refractivity contribution in [2.45, 2.75) is 18.8 Å². The molecule has 1 saturated heterocycles. The number of nitrogens with one attached hydrogen (secondary N) is 1. The van der Waals surface area contributed by atoms with Crippen LogP contribution in [0.5, 0.6) is 0 Å². The monoisotopic (exact) mass is 312 g/mol. The quantitative estimate of drug-likeness (QED) is 0.887. The van der Waals surface area contributed by atoms with Crippen molar-refractivity contribution in [3.05, 3.63) is 40.6 Å². The fraction of sp³-hybridized carbons (Fsp3) is 0.500. The van der Waals surface area contributed by atoms with Gasteiger partial charge in [0, 0.05) is 44.6 Å². The average Bonchev–Trinajstić information content (AvgIpc) is 3.34. The van der Waals surface area contributed by atoms with Crippen LogP contribution in [0.3, 0.4) is 0 Å². The lowest BCUT2D eigenvalue weighted by Crippen LogP contribution is -2.50. The van der Waals surface area contributed by atoms with Gasteiger partial charge in [-0.15, -0.1) is 5.10 Å². The van der Waals surface area contributed by atoms with E-state index in [1.807, 2.05) is 0 Å². The van der Waals surface area contributed by atoms with E-state index in [2.05, 4.69) is 37.5 Å². The Morgan fingerprint density at radius 2 is 2.09 bits per heavy atom. The molecule has 7 heteroatoms. The normalized spacial score (nSPS) is 17.9. The van der Waals surface area contributed by atoms with Gasteiger partial charge in [-0.25, -0.2) is 4.98 Å². The van der Waals surface area contributed by atoms with Crippen molar-refractivity contribution in [1.82, 2.24) is 19.7 Å². The van der Waals surface area contributed by atoms with Crippen LogP contribution in [0, 0.1) is 5.92 Å². The molecular formula is C16H20N6O. The van der Waals surface area contributed by atoms with Gasteiger partial charge in [0.15, 0.2) is 5.82 Å². The van der Waals surface area contributed by atoms with E-state index in [-0.39, 0.29) is 5.56 Å². The van der Waals surface area contributed by atoms with Crippen molar-refractivity contribution in [1.29, 1.82) is 0 Å². The minimum absolute atomic E-state index is 0.0521. The molecule has 0 unspecified atom stereocenters. The third-order valence-corrected chi connectivity index (χ3v) is 4.50. The minimum atomic E-state index is -0.0521. The fourth-order valence-corrected chi connectivity index (χ4v) is 2.79. The first kappa shape index (κ1) is 14.2. The largest absolute Gasteiger partial charge is 0.369 e. The molecule has 3 heterocycles. The highest BCUT2D eigenvalue weighted by Crippen LogP contribution is 2.38. The van der Waals surface area contributed by atoms with Crippen molar-refractivity contribution in [3.63, 3.8) is 0 Å². The van der Waals surface area contributed by atoms with Crippen LogP contribution in [0.2, 0.25) is 0 Å². The van der Waals surface area contributed by atoms with Gasteiger partial charge in [0.05, 0.1) is 12.0 Å². The summed E-state index contributed by atoms with van der Waals surface area (Å²) in [6.07, 6.45) is 4.04. The highest BCUT2D eigenvalue weighted by atomic mass is 16.1. The Kier molecular flexibility index (Phi) is 3.48. The molecule has 1 aliphatic heterocycles. The number of hydrogen-bond acceptors (Lipinski definition) is 6. The molecule has 4 rings (SSSR count). The summed E-state index contributed by atoms with van der Waals surface area (Å²) < 4.78 is 1.46. The van der Waals surface area contributed by atoms with Gasteiger partial charge >= 0.3 is 0 Å². The molecule has 7 nitrogen and oxygen atoms in total. The molecule has 23 heavy (non-hydrogen) atoms.